The van der Waals surface area contributed by atoms with E-state index in [1.54, 1.807) is 0 Å². The number of hydrogen-bond acceptors (Lipinski definition) is 1. The highest BCUT2D eigenvalue weighted by atomic mass is 15.2. The average molecular weight is 335 g/mol. The lowest BCUT2D eigenvalue weighted by molar-refractivity contribution is 0.164. The van der Waals surface area contributed by atoms with E-state index in [1.165, 1.54) is 73.5 Å². The first kappa shape index (κ1) is 16.7. The van der Waals surface area contributed by atoms with Crippen LogP contribution >= 0.6 is 0 Å². The van der Waals surface area contributed by atoms with Crippen molar-refractivity contribution in [3.63, 3.8) is 0 Å². The summed E-state index contributed by atoms with van der Waals surface area (Å²) >= 11 is 0. The van der Waals surface area contributed by atoms with Crippen LogP contribution in [0.1, 0.15) is 39.0 Å². The summed E-state index contributed by atoms with van der Waals surface area (Å²) < 4.78 is 2.58. The molecule has 0 bridgehead atoms. The maximum atomic E-state index is 2.62. The Morgan fingerprint density at radius 2 is 1.52 bits per heavy atom. The molecule has 0 spiro atoms. The van der Waals surface area contributed by atoms with Crippen molar-refractivity contribution < 1.29 is 0 Å². The second kappa shape index (κ2) is 7.61. The van der Waals surface area contributed by atoms with Crippen molar-refractivity contribution in [1.82, 2.24) is 9.47 Å². The SMILES string of the molecule is CCCCC(CCN1CCC1)Cn1c2ccccc2c2ccccc21. The molecule has 0 aliphatic carbocycles. The van der Waals surface area contributed by atoms with E-state index in [0.29, 0.717) is 0 Å². The van der Waals surface area contributed by atoms with Gasteiger partial charge >= 0.3 is 0 Å². The van der Waals surface area contributed by atoms with Crippen molar-refractivity contribution in [2.45, 2.75) is 45.6 Å². The van der Waals surface area contributed by atoms with Gasteiger partial charge in [0.2, 0.25) is 0 Å². The minimum absolute atomic E-state index is 0.778. The minimum Gasteiger partial charge on any atom is -0.340 e. The van der Waals surface area contributed by atoms with Crippen LogP contribution in [0.25, 0.3) is 21.8 Å². The summed E-state index contributed by atoms with van der Waals surface area (Å²) in [6.45, 7) is 7.38. The third kappa shape index (κ3) is 3.46. The number of benzene rings is 2. The second-order valence-corrected chi connectivity index (χ2v) is 7.64. The van der Waals surface area contributed by atoms with E-state index in [-0.39, 0.29) is 0 Å². The van der Waals surface area contributed by atoms with E-state index < -0.39 is 0 Å². The van der Waals surface area contributed by atoms with Crippen molar-refractivity contribution in [3.8, 4) is 0 Å². The molecule has 0 amide bonds. The number of nitrogens with zero attached hydrogens (tertiary/aromatic N) is 2. The largest absolute Gasteiger partial charge is 0.340 e. The number of rotatable bonds is 8. The maximum Gasteiger partial charge on any atom is 0.0491 e. The van der Waals surface area contributed by atoms with Gasteiger partial charge in [-0.05, 0) is 56.9 Å². The van der Waals surface area contributed by atoms with Gasteiger partial charge in [0, 0.05) is 28.4 Å². The molecule has 1 aromatic heterocycles. The molecule has 0 radical (unpaired) electrons. The van der Waals surface area contributed by atoms with Crippen molar-refractivity contribution in [1.29, 1.82) is 0 Å². The zero-order valence-electron chi connectivity index (χ0n) is 15.5. The van der Waals surface area contributed by atoms with Crippen LogP contribution in [0.2, 0.25) is 0 Å². The first-order chi connectivity index (χ1) is 12.4. The molecule has 25 heavy (non-hydrogen) atoms. The van der Waals surface area contributed by atoms with Gasteiger partial charge < -0.3 is 9.47 Å². The Morgan fingerprint density at radius 1 is 0.880 bits per heavy atom. The van der Waals surface area contributed by atoms with Crippen LogP contribution in [0, 0.1) is 5.92 Å². The Balaban J connectivity index is 1.63. The lowest BCUT2D eigenvalue weighted by atomic mass is 9.97. The number of hydrogen-bond donors (Lipinski definition) is 0. The van der Waals surface area contributed by atoms with Crippen LogP contribution < -0.4 is 0 Å². The summed E-state index contributed by atoms with van der Waals surface area (Å²) in [5, 5.41) is 2.80. The summed E-state index contributed by atoms with van der Waals surface area (Å²) in [4.78, 5) is 2.62. The molecule has 2 nitrogen and oxygen atoms in total. The zero-order valence-corrected chi connectivity index (χ0v) is 15.5. The molecule has 1 unspecified atom stereocenters. The molecule has 1 saturated heterocycles. The normalized spacial score (nSPS) is 16.4. The minimum atomic E-state index is 0.778. The van der Waals surface area contributed by atoms with Gasteiger partial charge in [-0.15, -0.1) is 0 Å². The van der Waals surface area contributed by atoms with Crippen LogP contribution in [0.3, 0.4) is 0 Å². The van der Waals surface area contributed by atoms with Crippen molar-refractivity contribution in [2.24, 2.45) is 5.92 Å². The predicted octanol–water partition coefficient (Wildman–Crippen LogP) is 5.70. The number of likely N-dealkylation sites (tertiary alicyclic amines) is 1. The fourth-order valence-corrected chi connectivity index (χ4v) is 4.25. The van der Waals surface area contributed by atoms with Gasteiger partial charge in [0.05, 0.1) is 0 Å². The molecular formula is C23H30N2. The Bertz CT molecular complexity index is 775. The zero-order chi connectivity index (χ0) is 17.1. The molecule has 2 heteroatoms. The summed E-state index contributed by atoms with van der Waals surface area (Å²) in [7, 11) is 0. The molecule has 1 aliphatic rings. The second-order valence-electron chi connectivity index (χ2n) is 7.64. The van der Waals surface area contributed by atoms with Crippen molar-refractivity contribution in [2.75, 3.05) is 19.6 Å². The smallest absolute Gasteiger partial charge is 0.0491 e. The average Bonchev–Trinajstić information content (AvgIpc) is 2.92. The number of aromatic nitrogens is 1. The van der Waals surface area contributed by atoms with E-state index in [1.807, 2.05) is 0 Å². The fourth-order valence-electron chi connectivity index (χ4n) is 4.25. The number of fused-ring (bicyclic) bond motifs is 3. The van der Waals surface area contributed by atoms with Crippen LogP contribution in [0.4, 0.5) is 0 Å². The molecule has 132 valence electrons. The third-order valence-electron chi connectivity index (χ3n) is 5.89. The summed E-state index contributed by atoms with van der Waals surface area (Å²) in [5.74, 6) is 0.778. The van der Waals surface area contributed by atoms with Crippen molar-refractivity contribution >= 4 is 21.8 Å². The lowest BCUT2D eigenvalue weighted by Gasteiger charge is -2.32. The summed E-state index contributed by atoms with van der Waals surface area (Å²) in [5.41, 5.74) is 2.79. The highest BCUT2D eigenvalue weighted by molar-refractivity contribution is 6.07. The molecule has 3 aromatic rings. The maximum absolute atomic E-state index is 2.62. The van der Waals surface area contributed by atoms with E-state index in [2.05, 4.69) is 64.9 Å². The van der Waals surface area contributed by atoms with E-state index in [0.717, 1.165) is 12.5 Å². The van der Waals surface area contributed by atoms with Gasteiger partial charge in [-0.2, -0.15) is 0 Å². The van der Waals surface area contributed by atoms with Crippen LogP contribution in [-0.4, -0.2) is 29.1 Å². The van der Waals surface area contributed by atoms with Gasteiger partial charge in [-0.3, -0.25) is 0 Å². The van der Waals surface area contributed by atoms with Crippen LogP contribution in [-0.2, 0) is 6.54 Å². The monoisotopic (exact) mass is 334 g/mol. The van der Waals surface area contributed by atoms with E-state index in [9.17, 15) is 0 Å². The molecule has 1 atom stereocenters. The summed E-state index contributed by atoms with van der Waals surface area (Å²) in [6, 6.07) is 17.8. The number of para-hydroxylation sites is 2. The molecule has 1 aliphatic heterocycles. The molecule has 0 N–H and O–H groups in total. The number of unbranched alkanes of at least 4 members (excludes halogenated alkanes) is 1. The highest BCUT2D eigenvalue weighted by Gasteiger charge is 2.18. The first-order valence-electron chi connectivity index (χ1n) is 10.0. The lowest BCUT2D eigenvalue weighted by Crippen LogP contribution is -2.38. The van der Waals surface area contributed by atoms with Gasteiger partial charge in [0.25, 0.3) is 0 Å². The molecule has 1 fully saturated rings. The Hall–Kier alpha value is -1.80. The van der Waals surface area contributed by atoms with Gasteiger partial charge in [-0.1, -0.05) is 56.2 Å². The van der Waals surface area contributed by atoms with Gasteiger partial charge in [-0.25, -0.2) is 0 Å². The predicted molar refractivity (Wildman–Crippen MR) is 108 cm³/mol. The van der Waals surface area contributed by atoms with Crippen LogP contribution in [0.5, 0.6) is 0 Å². The van der Waals surface area contributed by atoms with Crippen LogP contribution in [0.15, 0.2) is 48.5 Å². The fraction of sp³-hybridized carbons (Fsp3) is 0.478. The van der Waals surface area contributed by atoms with E-state index >= 15 is 0 Å². The summed E-state index contributed by atoms with van der Waals surface area (Å²) in [6.07, 6.45) is 6.73. The quantitative estimate of drug-likeness (QED) is 0.513. The highest BCUT2D eigenvalue weighted by Crippen LogP contribution is 2.30. The molecule has 2 heterocycles. The third-order valence-corrected chi connectivity index (χ3v) is 5.89. The standard InChI is InChI=1S/C23H30N2/c1-2-3-9-19(14-17-24-15-8-16-24)18-25-22-12-6-4-10-20(22)21-11-5-7-13-23(21)25/h4-7,10-13,19H,2-3,8-9,14-18H2,1H3. The molecule has 4 rings (SSSR count). The van der Waals surface area contributed by atoms with Crippen molar-refractivity contribution in [3.05, 3.63) is 48.5 Å². The topological polar surface area (TPSA) is 8.17 Å². The van der Waals surface area contributed by atoms with Gasteiger partial charge in [0.1, 0.15) is 0 Å². The first-order valence-corrected chi connectivity index (χ1v) is 10.0. The molecule has 2 aromatic carbocycles. The Kier molecular flexibility index (Phi) is 5.07. The van der Waals surface area contributed by atoms with E-state index in [4.69, 9.17) is 0 Å². The molecule has 0 saturated carbocycles. The Morgan fingerprint density at radius 3 is 2.08 bits per heavy atom. The molecular weight excluding hydrogens is 304 g/mol. The Labute approximate surface area is 151 Å². The van der Waals surface area contributed by atoms with Gasteiger partial charge in [0.15, 0.2) is 0 Å².